The van der Waals surface area contributed by atoms with E-state index in [9.17, 15) is 20.1 Å². The summed E-state index contributed by atoms with van der Waals surface area (Å²) in [6, 6.07) is 0. The Kier molecular flexibility index (Phi) is 5.28. The Hall–Kier alpha value is -0.730. The van der Waals surface area contributed by atoms with Crippen LogP contribution < -0.4 is 5.32 Å². The van der Waals surface area contributed by atoms with Crippen molar-refractivity contribution in [2.75, 3.05) is 13.2 Å². The monoisotopic (exact) mass is 277 g/mol. The lowest BCUT2D eigenvalue weighted by molar-refractivity contribution is -0.227. The minimum atomic E-state index is -1.41. The van der Waals surface area contributed by atoms with Crippen molar-refractivity contribution >= 4 is 5.91 Å². The fraction of sp³-hybridized carbons (Fsp3) is 0.917. The SMILES string of the molecule is CC(C)(C)C(=O)NC[C@H]1O[C@H](CO)[C@@H](O)[C@H](O)[C@H]1O. The van der Waals surface area contributed by atoms with Crippen LogP contribution in [0.1, 0.15) is 20.8 Å². The van der Waals surface area contributed by atoms with E-state index >= 15 is 0 Å². The first-order chi connectivity index (χ1) is 8.68. The van der Waals surface area contributed by atoms with Crippen molar-refractivity contribution in [3.63, 3.8) is 0 Å². The average Bonchev–Trinajstić information content (AvgIpc) is 2.33. The van der Waals surface area contributed by atoms with E-state index < -0.39 is 42.5 Å². The molecule has 0 aliphatic carbocycles. The normalized spacial score (nSPS) is 36.1. The summed E-state index contributed by atoms with van der Waals surface area (Å²) in [5.74, 6) is -0.218. The molecule has 19 heavy (non-hydrogen) atoms. The molecule has 1 amide bonds. The number of nitrogens with one attached hydrogen (secondary N) is 1. The maximum Gasteiger partial charge on any atom is 0.225 e. The zero-order valence-corrected chi connectivity index (χ0v) is 11.4. The summed E-state index contributed by atoms with van der Waals surface area (Å²) in [7, 11) is 0. The molecule has 0 bridgehead atoms. The number of amides is 1. The van der Waals surface area contributed by atoms with Gasteiger partial charge < -0.3 is 30.5 Å². The second-order valence-corrected chi connectivity index (χ2v) is 5.83. The van der Waals surface area contributed by atoms with Gasteiger partial charge in [0.1, 0.15) is 30.5 Å². The van der Waals surface area contributed by atoms with Gasteiger partial charge in [-0.3, -0.25) is 4.79 Å². The van der Waals surface area contributed by atoms with Gasteiger partial charge in [-0.15, -0.1) is 0 Å². The van der Waals surface area contributed by atoms with Crippen LogP contribution in [0, 0.1) is 5.41 Å². The molecule has 1 fully saturated rings. The second-order valence-electron chi connectivity index (χ2n) is 5.83. The lowest BCUT2D eigenvalue weighted by Gasteiger charge is -2.40. The second kappa shape index (κ2) is 6.15. The van der Waals surface area contributed by atoms with Gasteiger partial charge in [0.15, 0.2) is 0 Å². The fourth-order valence-corrected chi connectivity index (χ4v) is 1.81. The number of aliphatic hydroxyl groups is 4. The highest BCUT2D eigenvalue weighted by atomic mass is 16.5. The standard InChI is InChI=1S/C12H23NO6/c1-12(2,3)11(18)13-4-6-8(15)10(17)9(16)7(5-14)19-6/h6-10,14-17H,4-5H2,1-3H3,(H,13,18)/t6-,7-,8+,9-,10-/m1/s1. The first kappa shape index (κ1) is 16.3. The Balaban J connectivity index is 2.60. The van der Waals surface area contributed by atoms with Gasteiger partial charge in [-0.05, 0) is 0 Å². The summed E-state index contributed by atoms with van der Waals surface area (Å²) >= 11 is 0. The molecule has 1 saturated heterocycles. The first-order valence-corrected chi connectivity index (χ1v) is 6.27. The number of hydrogen-bond donors (Lipinski definition) is 5. The Bertz CT molecular complexity index is 314. The summed E-state index contributed by atoms with van der Waals surface area (Å²) in [4.78, 5) is 11.7. The molecular formula is C12H23NO6. The lowest BCUT2D eigenvalue weighted by Crippen LogP contribution is -2.61. The minimum absolute atomic E-state index is 0.00243. The van der Waals surface area contributed by atoms with Crippen LogP contribution >= 0.6 is 0 Å². The number of rotatable bonds is 3. The zero-order chi connectivity index (χ0) is 14.8. The van der Waals surface area contributed by atoms with E-state index in [0.29, 0.717) is 0 Å². The maximum absolute atomic E-state index is 11.7. The van der Waals surface area contributed by atoms with Gasteiger partial charge in [0.2, 0.25) is 5.91 Å². The Labute approximate surface area is 112 Å². The number of carbonyl (C=O) groups excluding carboxylic acids is 1. The number of hydrogen-bond acceptors (Lipinski definition) is 6. The molecule has 0 spiro atoms. The predicted molar refractivity (Wildman–Crippen MR) is 66.2 cm³/mol. The third-order valence-corrected chi connectivity index (χ3v) is 3.14. The Morgan fingerprint density at radius 1 is 1.11 bits per heavy atom. The van der Waals surface area contributed by atoms with Crippen LogP contribution in [0.5, 0.6) is 0 Å². The number of ether oxygens (including phenoxy) is 1. The molecule has 0 radical (unpaired) electrons. The van der Waals surface area contributed by atoms with E-state index in [0.717, 1.165) is 0 Å². The van der Waals surface area contributed by atoms with Gasteiger partial charge in [0.25, 0.3) is 0 Å². The molecule has 1 aliphatic rings. The van der Waals surface area contributed by atoms with Crippen LogP contribution in [0.4, 0.5) is 0 Å². The summed E-state index contributed by atoms with van der Waals surface area (Å²) in [6.07, 6.45) is -5.94. The highest BCUT2D eigenvalue weighted by molar-refractivity contribution is 5.81. The third kappa shape index (κ3) is 3.87. The number of carbonyl (C=O) groups is 1. The molecule has 7 heteroatoms. The van der Waals surface area contributed by atoms with E-state index in [-0.39, 0.29) is 12.5 Å². The van der Waals surface area contributed by atoms with Crippen LogP contribution in [-0.4, -0.2) is 70.0 Å². The molecule has 7 nitrogen and oxygen atoms in total. The van der Waals surface area contributed by atoms with Crippen LogP contribution in [0.3, 0.4) is 0 Å². The molecule has 0 aromatic rings. The summed E-state index contributed by atoms with van der Waals surface area (Å²) in [5.41, 5.74) is -0.575. The predicted octanol–water partition coefficient (Wildman–Crippen LogP) is -2.01. The van der Waals surface area contributed by atoms with E-state index in [2.05, 4.69) is 5.32 Å². The van der Waals surface area contributed by atoms with Crippen LogP contribution in [0.25, 0.3) is 0 Å². The number of aliphatic hydroxyl groups excluding tert-OH is 4. The van der Waals surface area contributed by atoms with Gasteiger partial charge in [-0.2, -0.15) is 0 Å². The van der Waals surface area contributed by atoms with Crippen LogP contribution in [-0.2, 0) is 9.53 Å². The largest absolute Gasteiger partial charge is 0.394 e. The molecule has 0 aromatic heterocycles. The topological polar surface area (TPSA) is 119 Å². The third-order valence-electron chi connectivity index (χ3n) is 3.14. The molecule has 0 aromatic carbocycles. The smallest absolute Gasteiger partial charge is 0.225 e. The van der Waals surface area contributed by atoms with Crippen molar-refractivity contribution in [3.05, 3.63) is 0 Å². The van der Waals surface area contributed by atoms with Gasteiger partial charge in [-0.1, -0.05) is 20.8 Å². The van der Waals surface area contributed by atoms with Gasteiger partial charge in [-0.25, -0.2) is 0 Å². The van der Waals surface area contributed by atoms with E-state index in [1.54, 1.807) is 20.8 Å². The Morgan fingerprint density at radius 2 is 1.63 bits per heavy atom. The van der Waals surface area contributed by atoms with E-state index in [1.807, 2.05) is 0 Å². The van der Waals surface area contributed by atoms with Gasteiger partial charge in [0.05, 0.1) is 6.61 Å². The van der Waals surface area contributed by atoms with Crippen molar-refractivity contribution in [2.45, 2.75) is 51.3 Å². The van der Waals surface area contributed by atoms with Crippen molar-refractivity contribution in [1.29, 1.82) is 0 Å². The van der Waals surface area contributed by atoms with E-state index in [1.165, 1.54) is 0 Å². The van der Waals surface area contributed by atoms with Gasteiger partial charge >= 0.3 is 0 Å². The quantitative estimate of drug-likeness (QED) is 0.407. The molecule has 1 rings (SSSR count). The first-order valence-electron chi connectivity index (χ1n) is 6.27. The van der Waals surface area contributed by atoms with Crippen LogP contribution in [0.2, 0.25) is 0 Å². The molecule has 0 saturated carbocycles. The van der Waals surface area contributed by atoms with Crippen molar-refractivity contribution in [3.8, 4) is 0 Å². The summed E-state index contributed by atoms with van der Waals surface area (Å²) in [6.45, 7) is 4.76. The van der Waals surface area contributed by atoms with Crippen molar-refractivity contribution < 1.29 is 30.0 Å². The van der Waals surface area contributed by atoms with Crippen molar-refractivity contribution in [1.82, 2.24) is 5.32 Å². The van der Waals surface area contributed by atoms with Crippen molar-refractivity contribution in [2.24, 2.45) is 5.41 Å². The highest BCUT2D eigenvalue weighted by Gasteiger charge is 2.43. The lowest BCUT2D eigenvalue weighted by atomic mass is 9.93. The Morgan fingerprint density at radius 3 is 2.11 bits per heavy atom. The summed E-state index contributed by atoms with van der Waals surface area (Å²) in [5, 5.41) is 40.6. The van der Waals surface area contributed by atoms with E-state index in [4.69, 9.17) is 9.84 Å². The zero-order valence-electron chi connectivity index (χ0n) is 11.4. The highest BCUT2D eigenvalue weighted by Crippen LogP contribution is 2.21. The molecule has 1 aliphatic heterocycles. The fourth-order valence-electron chi connectivity index (χ4n) is 1.81. The molecular weight excluding hydrogens is 254 g/mol. The molecule has 0 unspecified atom stereocenters. The molecule has 5 atom stereocenters. The average molecular weight is 277 g/mol. The van der Waals surface area contributed by atoms with Crippen LogP contribution in [0.15, 0.2) is 0 Å². The molecule has 1 heterocycles. The maximum atomic E-state index is 11.7. The summed E-state index contributed by atoms with van der Waals surface area (Å²) < 4.78 is 5.27. The van der Waals surface area contributed by atoms with Gasteiger partial charge in [0, 0.05) is 12.0 Å². The minimum Gasteiger partial charge on any atom is -0.394 e. The molecule has 5 N–H and O–H groups in total. The molecule has 112 valence electrons.